The summed E-state index contributed by atoms with van der Waals surface area (Å²) in [5.41, 5.74) is 3.08. The van der Waals surface area contributed by atoms with E-state index in [2.05, 4.69) is 34.2 Å². The Morgan fingerprint density at radius 1 is 1.12 bits per heavy atom. The Hall–Kier alpha value is -3.02. The van der Waals surface area contributed by atoms with Gasteiger partial charge in [-0.15, -0.1) is 10.2 Å². The Morgan fingerprint density at radius 3 is 2.64 bits per heavy atom. The molecule has 1 atom stereocenters. The van der Waals surface area contributed by atoms with Gasteiger partial charge in [-0.1, -0.05) is 24.3 Å². The van der Waals surface area contributed by atoms with Crippen LogP contribution in [0.1, 0.15) is 40.4 Å². The van der Waals surface area contributed by atoms with E-state index < -0.39 is 0 Å². The van der Waals surface area contributed by atoms with Gasteiger partial charge in [0.2, 0.25) is 0 Å². The number of amides is 1. The second kappa shape index (κ2) is 6.47. The molecule has 0 radical (unpaired) electrons. The summed E-state index contributed by atoms with van der Waals surface area (Å²) in [4.78, 5) is 19.3. The highest BCUT2D eigenvalue weighted by Gasteiger charge is 2.31. The average Bonchev–Trinajstić information content (AvgIpc) is 3.34. The first-order valence-corrected chi connectivity index (χ1v) is 8.41. The molecular weight excluding hydrogens is 314 g/mol. The third-order valence-electron chi connectivity index (χ3n) is 4.74. The van der Waals surface area contributed by atoms with Crippen molar-refractivity contribution in [1.82, 2.24) is 24.6 Å². The van der Waals surface area contributed by atoms with E-state index in [1.165, 1.54) is 11.1 Å². The van der Waals surface area contributed by atoms with Crippen LogP contribution >= 0.6 is 0 Å². The molecule has 0 N–H and O–H groups in total. The normalized spacial score (nSPS) is 17.0. The van der Waals surface area contributed by atoms with Crippen molar-refractivity contribution in [1.29, 1.82) is 0 Å². The lowest BCUT2D eigenvalue weighted by Crippen LogP contribution is -2.31. The molecule has 6 nitrogen and oxygen atoms in total. The minimum atomic E-state index is 0.0357. The third kappa shape index (κ3) is 2.91. The first-order valence-electron chi connectivity index (χ1n) is 8.41. The summed E-state index contributed by atoms with van der Waals surface area (Å²) in [6.45, 7) is 2.89. The number of rotatable bonds is 3. The molecule has 0 saturated carbocycles. The molecule has 1 aromatic carbocycles. The van der Waals surface area contributed by atoms with Gasteiger partial charge in [-0.3, -0.25) is 9.36 Å². The predicted molar refractivity (Wildman–Crippen MR) is 93.3 cm³/mol. The molecule has 3 heterocycles. The van der Waals surface area contributed by atoms with Crippen molar-refractivity contribution in [3.8, 4) is 5.82 Å². The summed E-state index contributed by atoms with van der Waals surface area (Å²) in [5.74, 6) is 0.729. The number of likely N-dealkylation sites (tertiary alicyclic amines) is 1. The van der Waals surface area contributed by atoms with Gasteiger partial charge in [-0.2, -0.15) is 0 Å². The van der Waals surface area contributed by atoms with Crippen LogP contribution in [0.15, 0.2) is 55.2 Å². The fourth-order valence-electron chi connectivity index (χ4n) is 3.44. The summed E-state index contributed by atoms with van der Waals surface area (Å²) in [6, 6.07) is 12.1. The molecule has 0 spiro atoms. The number of carbonyl (C=O) groups is 1. The highest BCUT2D eigenvalue weighted by molar-refractivity contribution is 5.94. The summed E-state index contributed by atoms with van der Waals surface area (Å²) < 4.78 is 1.71. The fraction of sp³-hybridized carbons (Fsp3) is 0.263. The SMILES string of the molecule is Cc1ccccc1C1CCCN1C(=O)c1ccc(-n2cnnc2)nc1. The fourth-order valence-corrected chi connectivity index (χ4v) is 3.44. The van der Waals surface area contributed by atoms with Crippen LogP contribution in [0.2, 0.25) is 0 Å². The molecule has 1 aliphatic heterocycles. The maximum absolute atomic E-state index is 13.0. The second-order valence-electron chi connectivity index (χ2n) is 6.29. The summed E-state index contributed by atoms with van der Waals surface area (Å²) in [5, 5.41) is 7.54. The van der Waals surface area contributed by atoms with Crippen LogP contribution in [-0.2, 0) is 0 Å². The van der Waals surface area contributed by atoms with Crippen LogP contribution in [0.3, 0.4) is 0 Å². The van der Waals surface area contributed by atoms with Crippen molar-refractivity contribution in [2.45, 2.75) is 25.8 Å². The van der Waals surface area contributed by atoms with Gasteiger partial charge in [-0.05, 0) is 43.0 Å². The minimum absolute atomic E-state index is 0.0357. The van der Waals surface area contributed by atoms with Gasteiger partial charge < -0.3 is 4.90 Å². The van der Waals surface area contributed by atoms with Crippen LogP contribution in [-0.4, -0.2) is 37.1 Å². The number of carbonyl (C=O) groups excluding carboxylic acids is 1. The van der Waals surface area contributed by atoms with Gasteiger partial charge in [0, 0.05) is 12.7 Å². The Balaban J connectivity index is 1.58. The van der Waals surface area contributed by atoms with E-state index in [-0.39, 0.29) is 11.9 Å². The molecule has 1 aliphatic rings. The molecule has 25 heavy (non-hydrogen) atoms. The van der Waals surface area contributed by atoms with E-state index in [0.29, 0.717) is 11.4 Å². The van der Waals surface area contributed by atoms with Gasteiger partial charge in [0.15, 0.2) is 0 Å². The number of pyridine rings is 1. The molecule has 3 aromatic rings. The maximum Gasteiger partial charge on any atom is 0.255 e. The van der Waals surface area contributed by atoms with Crippen LogP contribution in [0, 0.1) is 6.92 Å². The van der Waals surface area contributed by atoms with E-state index in [4.69, 9.17) is 0 Å². The highest BCUT2D eigenvalue weighted by atomic mass is 16.2. The lowest BCUT2D eigenvalue weighted by Gasteiger charge is -2.26. The smallest absolute Gasteiger partial charge is 0.255 e. The Labute approximate surface area is 146 Å². The second-order valence-corrected chi connectivity index (χ2v) is 6.29. The van der Waals surface area contributed by atoms with Crippen molar-refractivity contribution in [3.63, 3.8) is 0 Å². The topological polar surface area (TPSA) is 63.9 Å². The van der Waals surface area contributed by atoms with Gasteiger partial charge in [0.1, 0.15) is 18.5 Å². The molecule has 0 aliphatic carbocycles. The minimum Gasteiger partial charge on any atom is -0.332 e. The number of aromatic nitrogens is 4. The first-order chi connectivity index (χ1) is 12.2. The van der Waals surface area contributed by atoms with Crippen LogP contribution in [0.4, 0.5) is 0 Å². The quantitative estimate of drug-likeness (QED) is 0.739. The molecule has 1 unspecified atom stereocenters. The zero-order valence-electron chi connectivity index (χ0n) is 14.0. The van der Waals surface area contributed by atoms with E-state index in [1.807, 2.05) is 29.2 Å². The van der Waals surface area contributed by atoms with Crippen molar-refractivity contribution in [2.75, 3.05) is 6.54 Å². The Morgan fingerprint density at radius 2 is 1.92 bits per heavy atom. The monoisotopic (exact) mass is 333 g/mol. The van der Waals surface area contributed by atoms with Crippen LogP contribution < -0.4 is 0 Å². The summed E-state index contributed by atoms with van der Waals surface area (Å²) in [7, 11) is 0. The number of aryl methyl sites for hydroxylation is 1. The maximum atomic E-state index is 13.0. The van der Waals surface area contributed by atoms with E-state index in [9.17, 15) is 4.79 Å². The number of benzene rings is 1. The van der Waals surface area contributed by atoms with Crippen molar-refractivity contribution in [3.05, 3.63) is 71.9 Å². The molecule has 4 rings (SSSR count). The predicted octanol–water partition coefficient (Wildman–Crippen LogP) is 2.95. The summed E-state index contributed by atoms with van der Waals surface area (Å²) >= 11 is 0. The number of hydrogen-bond acceptors (Lipinski definition) is 4. The standard InChI is InChI=1S/C19H19N5O/c1-14-5-2-3-6-16(14)17-7-4-10-24(17)19(25)15-8-9-18(20-11-15)23-12-21-22-13-23/h2-3,5-6,8-9,11-13,17H,4,7,10H2,1H3. The van der Waals surface area contributed by atoms with Crippen LogP contribution in [0.5, 0.6) is 0 Å². The largest absolute Gasteiger partial charge is 0.332 e. The molecule has 126 valence electrons. The first kappa shape index (κ1) is 15.5. The number of hydrogen-bond donors (Lipinski definition) is 0. The lowest BCUT2D eigenvalue weighted by atomic mass is 9.99. The van der Waals surface area contributed by atoms with Crippen molar-refractivity contribution >= 4 is 5.91 Å². The van der Waals surface area contributed by atoms with E-state index in [0.717, 1.165) is 19.4 Å². The highest BCUT2D eigenvalue weighted by Crippen LogP contribution is 2.34. The number of nitrogens with zero attached hydrogens (tertiary/aromatic N) is 5. The average molecular weight is 333 g/mol. The molecule has 0 bridgehead atoms. The van der Waals surface area contributed by atoms with Crippen LogP contribution in [0.25, 0.3) is 5.82 Å². The molecule has 2 aromatic heterocycles. The molecule has 1 amide bonds. The van der Waals surface area contributed by atoms with Gasteiger partial charge in [-0.25, -0.2) is 4.98 Å². The Kier molecular flexibility index (Phi) is 4.01. The Bertz CT molecular complexity index is 873. The van der Waals surface area contributed by atoms with E-state index in [1.54, 1.807) is 23.4 Å². The van der Waals surface area contributed by atoms with Gasteiger partial charge in [0.05, 0.1) is 11.6 Å². The molecular formula is C19H19N5O. The lowest BCUT2D eigenvalue weighted by molar-refractivity contribution is 0.0735. The molecule has 6 heteroatoms. The third-order valence-corrected chi connectivity index (χ3v) is 4.74. The van der Waals surface area contributed by atoms with E-state index >= 15 is 0 Å². The molecule has 1 fully saturated rings. The zero-order chi connectivity index (χ0) is 17.2. The van der Waals surface area contributed by atoms with Gasteiger partial charge in [0.25, 0.3) is 5.91 Å². The van der Waals surface area contributed by atoms with Gasteiger partial charge >= 0.3 is 0 Å². The summed E-state index contributed by atoms with van der Waals surface area (Å²) in [6.07, 6.45) is 6.82. The van der Waals surface area contributed by atoms with Crippen molar-refractivity contribution in [2.24, 2.45) is 0 Å². The zero-order valence-corrected chi connectivity index (χ0v) is 14.0. The molecule has 1 saturated heterocycles. The van der Waals surface area contributed by atoms with Crippen molar-refractivity contribution < 1.29 is 4.79 Å².